The van der Waals surface area contributed by atoms with E-state index in [1.807, 2.05) is 0 Å². The predicted molar refractivity (Wildman–Crippen MR) is 82.1 cm³/mol. The van der Waals surface area contributed by atoms with E-state index in [1.54, 1.807) is 0 Å². The highest BCUT2D eigenvalue weighted by Crippen LogP contribution is 2.37. The topological polar surface area (TPSA) is 29.3 Å². The summed E-state index contributed by atoms with van der Waals surface area (Å²) in [7, 11) is 0. The molecule has 1 saturated heterocycles. The molecule has 0 bridgehead atoms. The molecule has 0 aliphatic carbocycles. The van der Waals surface area contributed by atoms with Crippen LogP contribution in [0.25, 0.3) is 0 Å². The molecule has 1 fully saturated rings. The SMILES string of the molecule is Cc1cc(Br)ccc1N1CCC(CN)CC1(C)C. The first kappa shape index (κ1) is 13.9. The van der Waals surface area contributed by atoms with Crippen molar-refractivity contribution >= 4 is 21.6 Å². The van der Waals surface area contributed by atoms with Crippen LogP contribution < -0.4 is 10.6 Å². The number of aryl methyl sites for hydroxylation is 1. The summed E-state index contributed by atoms with van der Waals surface area (Å²) in [6, 6.07) is 6.55. The van der Waals surface area contributed by atoms with Crippen molar-refractivity contribution in [2.45, 2.75) is 39.2 Å². The fraction of sp³-hybridized carbons (Fsp3) is 0.600. The van der Waals surface area contributed by atoms with Gasteiger partial charge < -0.3 is 10.6 Å². The van der Waals surface area contributed by atoms with Gasteiger partial charge in [0.15, 0.2) is 0 Å². The van der Waals surface area contributed by atoms with E-state index in [4.69, 9.17) is 5.73 Å². The lowest BCUT2D eigenvalue weighted by molar-refractivity contribution is 0.278. The molecule has 1 aromatic carbocycles. The van der Waals surface area contributed by atoms with Crippen LogP contribution in [-0.4, -0.2) is 18.6 Å². The zero-order valence-corrected chi connectivity index (χ0v) is 13.1. The molecule has 1 unspecified atom stereocenters. The maximum absolute atomic E-state index is 5.83. The first-order valence-electron chi connectivity index (χ1n) is 6.68. The molecule has 1 aliphatic heterocycles. The van der Waals surface area contributed by atoms with Gasteiger partial charge in [-0.25, -0.2) is 0 Å². The highest BCUT2D eigenvalue weighted by atomic mass is 79.9. The van der Waals surface area contributed by atoms with Gasteiger partial charge in [0.1, 0.15) is 0 Å². The van der Waals surface area contributed by atoms with Crippen LogP contribution >= 0.6 is 15.9 Å². The average Bonchev–Trinajstić information content (AvgIpc) is 2.29. The monoisotopic (exact) mass is 310 g/mol. The van der Waals surface area contributed by atoms with Crippen LogP contribution in [0.15, 0.2) is 22.7 Å². The van der Waals surface area contributed by atoms with Gasteiger partial charge in [0.25, 0.3) is 0 Å². The molecule has 1 atom stereocenters. The van der Waals surface area contributed by atoms with Crippen molar-refractivity contribution in [1.82, 2.24) is 0 Å². The van der Waals surface area contributed by atoms with Crippen LogP contribution in [0.3, 0.4) is 0 Å². The van der Waals surface area contributed by atoms with E-state index in [-0.39, 0.29) is 5.54 Å². The minimum Gasteiger partial charge on any atom is -0.366 e. The van der Waals surface area contributed by atoms with E-state index in [2.05, 4.69) is 59.8 Å². The highest BCUT2D eigenvalue weighted by molar-refractivity contribution is 9.10. The molecule has 2 rings (SSSR count). The van der Waals surface area contributed by atoms with E-state index >= 15 is 0 Å². The zero-order chi connectivity index (χ0) is 13.3. The Hall–Kier alpha value is -0.540. The lowest BCUT2D eigenvalue weighted by Gasteiger charge is -2.47. The van der Waals surface area contributed by atoms with E-state index in [9.17, 15) is 0 Å². The Kier molecular flexibility index (Phi) is 4.02. The molecule has 0 spiro atoms. The third kappa shape index (κ3) is 2.72. The lowest BCUT2D eigenvalue weighted by atomic mass is 9.82. The van der Waals surface area contributed by atoms with Crippen LogP contribution in [0.2, 0.25) is 0 Å². The predicted octanol–water partition coefficient (Wildman–Crippen LogP) is 3.71. The van der Waals surface area contributed by atoms with E-state index < -0.39 is 0 Å². The summed E-state index contributed by atoms with van der Waals surface area (Å²) in [5, 5.41) is 0. The summed E-state index contributed by atoms with van der Waals surface area (Å²) in [5.74, 6) is 0.673. The van der Waals surface area contributed by atoms with Gasteiger partial charge in [-0.2, -0.15) is 0 Å². The van der Waals surface area contributed by atoms with E-state index in [0.717, 1.165) is 17.6 Å². The fourth-order valence-electron chi connectivity index (χ4n) is 3.10. The maximum atomic E-state index is 5.83. The second-order valence-corrected chi connectivity index (χ2v) is 6.91. The summed E-state index contributed by atoms with van der Waals surface area (Å²) in [6.07, 6.45) is 2.38. The molecule has 1 heterocycles. The van der Waals surface area contributed by atoms with Gasteiger partial charge in [0.05, 0.1) is 0 Å². The minimum absolute atomic E-state index is 0.195. The lowest BCUT2D eigenvalue weighted by Crippen LogP contribution is -2.51. The summed E-state index contributed by atoms with van der Waals surface area (Å²) in [6.45, 7) is 8.77. The molecular formula is C15H23BrN2. The molecule has 2 nitrogen and oxygen atoms in total. The number of rotatable bonds is 2. The Morgan fingerprint density at radius 3 is 2.72 bits per heavy atom. The van der Waals surface area contributed by atoms with Crippen molar-refractivity contribution in [1.29, 1.82) is 0 Å². The zero-order valence-electron chi connectivity index (χ0n) is 11.5. The quantitative estimate of drug-likeness (QED) is 0.902. The molecular weight excluding hydrogens is 288 g/mol. The molecule has 100 valence electrons. The second-order valence-electron chi connectivity index (χ2n) is 5.99. The Labute approximate surface area is 119 Å². The summed E-state index contributed by atoms with van der Waals surface area (Å²) in [5.41, 5.74) is 8.73. The van der Waals surface area contributed by atoms with Gasteiger partial charge in [-0.1, -0.05) is 15.9 Å². The van der Waals surface area contributed by atoms with Crippen molar-refractivity contribution in [2.24, 2.45) is 11.7 Å². The van der Waals surface area contributed by atoms with Crippen LogP contribution in [0.1, 0.15) is 32.3 Å². The molecule has 1 aromatic rings. The smallest absolute Gasteiger partial charge is 0.0401 e. The number of nitrogens with two attached hydrogens (primary N) is 1. The Bertz CT molecular complexity index is 429. The molecule has 0 aromatic heterocycles. The van der Waals surface area contributed by atoms with Crippen molar-refractivity contribution in [3.05, 3.63) is 28.2 Å². The average molecular weight is 311 g/mol. The number of nitrogens with zero attached hydrogens (tertiary/aromatic N) is 1. The van der Waals surface area contributed by atoms with Crippen molar-refractivity contribution in [2.75, 3.05) is 18.0 Å². The Morgan fingerprint density at radius 1 is 1.44 bits per heavy atom. The third-order valence-electron chi connectivity index (χ3n) is 4.06. The number of halogens is 1. The van der Waals surface area contributed by atoms with Gasteiger partial charge in [0.2, 0.25) is 0 Å². The van der Waals surface area contributed by atoms with Gasteiger partial charge in [-0.15, -0.1) is 0 Å². The molecule has 0 amide bonds. The number of anilines is 1. The molecule has 18 heavy (non-hydrogen) atoms. The number of hydrogen-bond donors (Lipinski definition) is 1. The van der Waals surface area contributed by atoms with Crippen LogP contribution in [0, 0.1) is 12.8 Å². The van der Waals surface area contributed by atoms with Crippen LogP contribution in [0.4, 0.5) is 5.69 Å². The number of benzene rings is 1. The van der Waals surface area contributed by atoms with Crippen molar-refractivity contribution < 1.29 is 0 Å². The Balaban J connectivity index is 2.27. The summed E-state index contributed by atoms with van der Waals surface area (Å²) >= 11 is 3.53. The van der Waals surface area contributed by atoms with Gasteiger partial charge >= 0.3 is 0 Å². The summed E-state index contributed by atoms with van der Waals surface area (Å²) < 4.78 is 1.15. The van der Waals surface area contributed by atoms with Crippen LogP contribution in [0.5, 0.6) is 0 Å². The van der Waals surface area contributed by atoms with E-state index in [0.29, 0.717) is 5.92 Å². The number of hydrogen-bond acceptors (Lipinski definition) is 2. The molecule has 2 N–H and O–H groups in total. The van der Waals surface area contributed by atoms with Crippen molar-refractivity contribution in [3.63, 3.8) is 0 Å². The van der Waals surface area contributed by atoms with Crippen molar-refractivity contribution in [3.8, 4) is 0 Å². The molecule has 0 saturated carbocycles. The maximum Gasteiger partial charge on any atom is 0.0401 e. The second kappa shape index (κ2) is 5.22. The molecule has 0 radical (unpaired) electrons. The van der Waals surface area contributed by atoms with Crippen LogP contribution in [-0.2, 0) is 0 Å². The standard InChI is InChI=1S/C15H23BrN2/c1-11-8-13(16)4-5-14(11)18-7-6-12(10-17)9-15(18,2)3/h4-5,8,12H,6-7,9-10,17H2,1-3H3. The number of piperidine rings is 1. The normalized spacial score (nSPS) is 23.2. The van der Waals surface area contributed by atoms with Gasteiger partial charge in [-0.3, -0.25) is 0 Å². The Morgan fingerprint density at radius 2 is 2.17 bits per heavy atom. The third-order valence-corrected chi connectivity index (χ3v) is 4.56. The first-order chi connectivity index (χ1) is 8.44. The van der Waals surface area contributed by atoms with Gasteiger partial charge in [-0.05, 0) is 69.8 Å². The fourth-order valence-corrected chi connectivity index (χ4v) is 3.58. The molecule has 3 heteroatoms. The largest absolute Gasteiger partial charge is 0.366 e. The highest BCUT2D eigenvalue weighted by Gasteiger charge is 2.34. The minimum atomic E-state index is 0.195. The molecule has 1 aliphatic rings. The summed E-state index contributed by atoms with van der Waals surface area (Å²) in [4.78, 5) is 2.54. The van der Waals surface area contributed by atoms with Gasteiger partial charge in [0, 0.05) is 22.2 Å². The van der Waals surface area contributed by atoms with E-state index in [1.165, 1.54) is 24.1 Å². The first-order valence-corrected chi connectivity index (χ1v) is 7.47.